The summed E-state index contributed by atoms with van der Waals surface area (Å²) < 4.78 is 65.7. The summed E-state index contributed by atoms with van der Waals surface area (Å²) in [7, 11) is 0. The lowest BCUT2D eigenvalue weighted by molar-refractivity contribution is -0.145. The fourth-order valence-electron chi connectivity index (χ4n) is 4.83. The monoisotopic (exact) mass is 775 g/mol. The Bertz CT molecular complexity index is 890. The van der Waals surface area contributed by atoms with Crippen molar-refractivity contribution >= 4 is 5.97 Å². The molecule has 0 heterocycles. The van der Waals surface area contributed by atoms with E-state index in [4.69, 9.17) is 56.8 Å². The van der Waals surface area contributed by atoms with Crippen LogP contribution in [0.25, 0.3) is 0 Å². The minimum Gasteiger partial charge on any atom is -0.491 e. The smallest absolute Gasteiger partial charge is 0.305 e. The highest BCUT2D eigenvalue weighted by atomic mass is 16.6. The highest BCUT2D eigenvalue weighted by molar-refractivity contribution is 5.69. The second kappa shape index (κ2) is 42.2. The standard InChI is InChI=1S/C41H74O13/c1-3-5-6-7-8-9-10-12-39-13-15-40(16-14-39)53-37-35-51-33-31-49-29-27-47-25-23-45-21-19-43-17-18-44-20-22-46-24-26-48-28-30-50-32-34-52-36-38-54-41(42)11-4-2/h13-16H,3-12,17-38H2,1-2H3. The number of ether oxygens (including phenoxy) is 12. The molecule has 0 bridgehead atoms. The third-order valence-corrected chi connectivity index (χ3v) is 7.78. The van der Waals surface area contributed by atoms with Crippen molar-refractivity contribution < 1.29 is 61.6 Å². The van der Waals surface area contributed by atoms with Crippen molar-refractivity contribution in [3.8, 4) is 5.75 Å². The molecule has 0 aliphatic rings. The van der Waals surface area contributed by atoms with Crippen LogP contribution in [0.2, 0.25) is 0 Å². The van der Waals surface area contributed by atoms with Crippen LogP contribution in [-0.2, 0) is 63.3 Å². The summed E-state index contributed by atoms with van der Waals surface area (Å²) >= 11 is 0. The number of aryl methyl sites for hydroxylation is 1. The molecule has 1 aromatic carbocycles. The van der Waals surface area contributed by atoms with Gasteiger partial charge in [0.05, 0.1) is 132 Å². The Balaban J connectivity index is 1.68. The summed E-state index contributed by atoms with van der Waals surface area (Å²) in [5, 5.41) is 0. The Morgan fingerprint density at radius 3 is 1.09 bits per heavy atom. The van der Waals surface area contributed by atoms with Crippen molar-refractivity contribution in [1.29, 1.82) is 0 Å². The lowest BCUT2D eigenvalue weighted by Gasteiger charge is -2.09. The number of hydrogen-bond donors (Lipinski definition) is 0. The van der Waals surface area contributed by atoms with E-state index < -0.39 is 0 Å². The maximum absolute atomic E-state index is 11.2. The van der Waals surface area contributed by atoms with E-state index in [1.807, 2.05) is 6.92 Å². The molecule has 1 rings (SSSR count). The summed E-state index contributed by atoms with van der Waals surface area (Å²) in [6.45, 7) is 14.9. The number of unbranched alkanes of at least 4 members (excludes halogenated alkanes) is 6. The van der Waals surface area contributed by atoms with Gasteiger partial charge in [-0.1, -0.05) is 64.5 Å². The van der Waals surface area contributed by atoms with Crippen LogP contribution in [0.15, 0.2) is 24.3 Å². The Morgan fingerprint density at radius 2 is 0.722 bits per heavy atom. The first kappa shape index (κ1) is 50.1. The van der Waals surface area contributed by atoms with Crippen molar-refractivity contribution in [2.75, 3.05) is 145 Å². The molecule has 54 heavy (non-hydrogen) atoms. The van der Waals surface area contributed by atoms with E-state index in [0.29, 0.717) is 145 Å². The molecule has 0 radical (unpaired) electrons. The molecule has 316 valence electrons. The van der Waals surface area contributed by atoms with Crippen molar-refractivity contribution in [2.45, 2.75) is 78.1 Å². The van der Waals surface area contributed by atoms with Crippen LogP contribution in [0.3, 0.4) is 0 Å². The van der Waals surface area contributed by atoms with Gasteiger partial charge in [0.2, 0.25) is 0 Å². The molecule has 0 atom stereocenters. The lowest BCUT2D eigenvalue weighted by atomic mass is 10.0. The molecule has 0 amide bonds. The number of hydrogen-bond acceptors (Lipinski definition) is 13. The fraction of sp³-hybridized carbons (Fsp3) is 0.829. The maximum atomic E-state index is 11.2. The van der Waals surface area contributed by atoms with E-state index in [9.17, 15) is 4.79 Å². The minimum atomic E-state index is -0.188. The Kier molecular flexibility index (Phi) is 39.2. The first-order chi connectivity index (χ1) is 26.8. The van der Waals surface area contributed by atoms with Gasteiger partial charge in [0.25, 0.3) is 0 Å². The second-order valence-electron chi connectivity index (χ2n) is 12.5. The van der Waals surface area contributed by atoms with Gasteiger partial charge in [0, 0.05) is 6.42 Å². The van der Waals surface area contributed by atoms with Gasteiger partial charge in [-0.05, 0) is 37.0 Å². The van der Waals surface area contributed by atoms with Crippen LogP contribution in [0.1, 0.15) is 77.2 Å². The third-order valence-electron chi connectivity index (χ3n) is 7.78. The summed E-state index contributed by atoms with van der Waals surface area (Å²) in [5.41, 5.74) is 1.38. The van der Waals surface area contributed by atoms with E-state index in [2.05, 4.69) is 31.2 Å². The molecule has 0 N–H and O–H groups in total. The maximum Gasteiger partial charge on any atom is 0.305 e. The topological polar surface area (TPSA) is 128 Å². The second-order valence-corrected chi connectivity index (χ2v) is 12.5. The highest BCUT2D eigenvalue weighted by Crippen LogP contribution is 2.15. The largest absolute Gasteiger partial charge is 0.491 e. The van der Waals surface area contributed by atoms with Crippen molar-refractivity contribution in [2.24, 2.45) is 0 Å². The van der Waals surface area contributed by atoms with Crippen LogP contribution < -0.4 is 4.74 Å². The number of carbonyl (C=O) groups excluding carboxylic acids is 1. The number of carbonyl (C=O) groups is 1. The predicted molar refractivity (Wildman–Crippen MR) is 208 cm³/mol. The molecular weight excluding hydrogens is 700 g/mol. The van der Waals surface area contributed by atoms with Crippen molar-refractivity contribution in [1.82, 2.24) is 0 Å². The van der Waals surface area contributed by atoms with Crippen LogP contribution >= 0.6 is 0 Å². The van der Waals surface area contributed by atoms with Gasteiger partial charge in [-0.15, -0.1) is 0 Å². The summed E-state index contributed by atoms with van der Waals surface area (Å²) in [5.74, 6) is 0.696. The zero-order valence-corrected chi connectivity index (χ0v) is 33.7. The van der Waals surface area contributed by atoms with Gasteiger partial charge in [0.1, 0.15) is 19.0 Å². The molecule has 13 heteroatoms. The van der Waals surface area contributed by atoms with Crippen LogP contribution in [0.4, 0.5) is 0 Å². The van der Waals surface area contributed by atoms with Gasteiger partial charge in [-0.25, -0.2) is 0 Å². The average Bonchev–Trinajstić information content (AvgIpc) is 3.18. The van der Waals surface area contributed by atoms with E-state index in [1.54, 1.807) is 0 Å². The summed E-state index contributed by atoms with van der Waals surface area (Å²) in [6, 6.07) is 8.45. The highest BCUT2D eigenvalue weighted by Gasteiger charge is 2.01. The molecule has 0 aromatic heterocycles. The van der Waals surface area contributed by atoms with E-state index >= 15 is 0 Å². The number of rotatable bonds is 44. The van der Waals surface area contributed by atoms with E-state index in [-0.39, 0.29) is 12.6 Å². The molecule has 0 spiro atoms. The molecule has 0 saturated heterocycles. The first-order valence-electron chi connectivity index (χ1n) is 20.4. The molecule has 0 saturated carbocycles. The van der Waals surface area contributed by atoms with E-state index in [1.165, 1.54) is 50.5 Å². The molecule has 0 fully saturated rings. The lowest BCUT2D eigenvalue weighted by Crippen LogP contribution is -2.15. The molecule has 1 aromatic rings. The Hall–Kier alpha value is -1.91. The average molecular weight is 775 g/mol. The van der Waals surface area contributed by atoms with Crippen LogP contribution in [0.5, 0.6) is 5.75 Å². The van der Waals surface area contributed by atoms with Crippen LogP contribution in [0, 0.1) is 0 Å². The minimum absolute atomic E-state index is 0.188. The fourth-order valence-corrected chi connectivity index (χ4v) is 4.83. The quantitative estimate of drug-likeness (QED) is 0.0580. The molecule has 13 nitrogen and oxygen atoms in total. The normalized spacial score (nSPS) is 11.4. The molecule has 0 aliphatic heterocycles. The molecule has 0 aliphatic carbocycles. The van der Waals surface area contributed by atoms with Crippen molar-refractivity contribution in [3.63, 3.8) is 0 Å². The van der Waals surface area contributed by atoms with Gasteiger partial charge in [-0.3, -0.25) is 4.79 Å². The summed E-state index contributed by atoms with van der Waals surface area (Å²) in [6.07, 6.45) is 11.7. The third kappa shape index (κ3) is 37.0. The van der Waals surface area contributed by atoms with Gasteiger partial charge < -0.3 is 56.8 Å². The van der Waals surface area contributed by atoms with Crippen LogP contribution in [-0.4, -0.2) is 151 Å². The number of benzene rings is 1. The molecular formula is C41H74O13. The Morgan fingerprint density at radius 1 is 0.389 bits per heavy atom. The first-order valence-corrected chi connectivity index (χ1v) is 20.4. The molecule has 0 unspecified atom stereocenters. The predicted octanol–water partition coefficient (Wildman–Crippen LogP) is 5.87. The zero-order chi connectivity index (χ0) is 38.7. The summed E-state index contributed by atoms with van der Waals surface area (Å²) in [4.78, 5) is 11.2. The van der Waals surface area contributed by atoms with Gasteiger partial charge in [0.15, 0.2) is 0 Å². The van der Waals surface area contributed by atoms with Gasteiger partial charge >= 0.3 is 5.97 Å². The SMILES string of the molecule is CCCCCCCCCc1ccc(OCCOCCOCCOCCOCCOCCOCCOCCOCCOCCOCCOC(=O)CCC)cc1. The van der Waals surface area contributed by atoms with E-state index in [0.717, 1.165) is 18.6 Å². The number of esters is 1. The van der Waals surface area contributed by atoms with Crippen molar-refractivity contribution in [3.05, 3.63) is 29.8 Å². The zero-order valence-electron chi connectivity index (χ0n) is 33.7. The Labute approximate surface area is 326 Å². The van der Waals surface area contributed by atoms with Gasteiger partial charge in [-0.2, -0.15) is 0 Å².